The van der Waals surface area contributed by atoms with Crippen LogP contribution in [0.3, 0.4) is 0 Å². The van der Waals surface area contributed by atoms with Gasteiger partial charge in [-0.3, -0.25) is 19.7 Å². The van der Waals surface area contributed by atoms with Crippen LogP contribution in [0.4, 0.5) is 0 Å². The number of nitrogens with two attached hydrogens (primary N) is 1. The lowest BCUT2D eigenvalue weighted by Gasteiger charge is -2.42. The second-order valence-electron chi connectivity index (χ2n) is 12.0. The Morgan fingerprint density at radius 3 is 2.42 bits per heavy atom. The van der Waals surface area contributed by atoms with Crippen molar-refractivity contribution < 1.29 is 33.3 Å². The number of allylic oxidation sites excluding steroid dienone is 1. The summed E-state index contributed by atoms with van der Waals surface area (Å²) in [6, 6.07) is 0.0791. The SMILES string of the molecule is COC1C(OC(=O)CC2CCC(NC(=O)CNCC(N)=O)CC2)CC[C@]2(CO2)C1C1(C)O[C@@H]1CC=C(C)C. The number of carbonyl (C=O) groups excluding carboxylic acids is 3. The third-order valence-electron chi connectivity index (χ3n) is 8.77. The predicted molar refractivity (Wildman–Crippen MR) is 140 cm³/mol. The molecule has 0 aromatic rings. The molecule has 2 amide bonds. The Morgan fingerprint density at radius 1 is 1.11 bits per heavy atom. The third kappa shape index (κ3) is 6.94. The van der Waals surface area contributed by atoms with E-state index >= 15 is 0 Å². The number of methoxy groups -OCH3 is 1. The lowest BCUT2D eigenvalue weighted by molar-refractivity contribution is -0.173. The van der Waals surface area contributed by atoms with E-state index in [2.05, 4.69) is 37.5 Å². The fraction of sp³-hybridized carbons (Fsp3) is 0.821. The summed E-state index contributed by atoms with van der Waals surface area (Å²) >= 11 is 0. The molecule has 2 heterocycles. The van der Waals surface area contributed by atoms with E-state index in [0.29, 0.717) is 13.0 Å². The molecule has 1 spiro atoms. The fourth-order valence-corrected chi connectivity index (χ4v) is 6.61. The maximum Gasteiger partial charge on any atom is 0.306 e. The van der Waals surface area contributed by atoms with E-state index in [1.807, 2.05) is 0 Å². The molecular weight excluding hydrogens is 490 g/mol. The van der Waals surface area contributed by atoms with Gasteiger partial charge < -0.3 is 30.0 Å². The first-order valence-corrected chi connectivity index (χ1v) is 14.0. The van der Waals surface area contributed by atoms with Gasteiger partial charge in [0.2, 0.25) is 11.8 Å². The minimum Gasteiger partial charge on any atom is -0.460 e. The molecule has 2 saturated carbocycles. The van der Waals surface area contributed by atoms with Crippen molar-refractivity contribution in [1.82, 2.24) is 10.6 Å². The number of esters is 1. The molecule has 10 nitrogen and oxygen atoms in total. The van der Waals surface area contributed by atoms with E-state index in [0.717, 1.165) is 44.9 Å². The summed E-state index contributed by atoms with van der Waals surface area (Å²) in [4.78, 5) is 35.8. The molecular formula is C28H45N3O7. The number of epoxide rings is 2. The Hall–Kier alpha value is -2.01. The van der Waals surface area contributed by atoms with Gasteiger partial charge in [-0.1, -0.05) is 11.6 Å². The zero-order chi connectivity index (χ0) is 27.5. The molecule has 2 saturated heterocycles. The molecule has 4 fully saturated rings. The molecule has 0 aromatic carbocycles. The maximum atomic E-state index is 13.0. The van der Waals surface area contributed by atoms with Crippen LogP contribution in [0, 0.1) is 11.8 Å². The lowest BCUT2D eigenvalue weighted by atomic mass is 9.68. The maximum absolute atomic E-state index is 13.0. The van der Waals surface area contributed by atoms with Crippen molar-refractivity contribution in [1.29, 1.82) is 0 Å². The molecule has 4 aliphatic rings. The Bertz CT molecular complexity index is 908. The van der Waals surface area contributed by atoms with Crippen LogP contribution in [-0.2, 0) is 33.3 Å². The van der Waals surface area contributed by atoms with Gasteiger partial charge in [0.05, 0.1) is 31.7 Å². The molecule has 6 atom stereocenters. The van der Waals surface area contributed by atoms with Crippen molar-refractivity contribution in [2.45, 2.75) is 108 Å². The quantitative estimate of drug-likeness (QED) is 0.195. The highest BCUT2D eigenvalue weighted by molar-refractivity contribution is 5.80. The first kappa shape index (κ1) is 29.0. The normalized spacial score (nSPS) is 37.8. The van der Waals surface area contributed by atoms with Gasteiger partial charge in [-0.15, -0.1) is 0 Å². The van der Waals surface area contributed by atoms with Crippen molar-refractivity contribution in [3.63, 3.8) is 0 Å². The van der Waals surface area contributed by atoms with E-state index in [-0.39, 0.29) is 72.4 Å². The number of ether oxygens (including phenoxy) is 4. The lowest BCUT2D eigenvalue weighted by Crippen LogP contribution is -2.55. The molecule has 4 N–H and O–H groups in total. The first-order valence-electron chi connectivity index (χ1n) is 14.0. The van der Waals surface area contributed by atoms with Crippen LogP contribution < -0.4 is 16.4 Å². The van der Waals surface area contributed by atoms with Crippen molar-refractivity contribution in [3.05, 3.63) is 11.6 Å². The number of nitrogens with one attached hydrogen (secondary N) is 2. The Morgan fingerprint density at radius 2 is 1.82 bits per heavy atom. The third-order valence-corrected chi connectivity index (χ3v) is 8.77. The van der Waals surface area contributed by atoms with E-state index in [1.165, 1.54) is 5.57 Å². The molecule has 0 bridgehead atoms. The Labute approximate surface area is 225 Å². The molecule has 0 aromatic heterocycles. The molecule has 4 unspecified atom stereocenters. The standard InChI is InChI=1S/C28H45N3O7/c1-17(2)5-10-21-27(3,38-21)26-25(35-4)20(11-12-28(26)16-36-28)37-24(34)13-18-6-8-19(9-7-18)31-23(33)15-30-14-22(29)32/h5,18-21,25-26,30H,6-16H2,1-4H3,(H2,29,32)(H,31,33)/t18?,19?,20?,21-,25?,26?,27?,28+/m1/s1. The number of rotatable bonds is 12. The van der Waals surface area contributed by atoms with Gasteiger partial charge in [0.15, 0.2) is 0 Å². The fourth-order valence-electron chi connectivity index (χ4n) is 6.61. The minimum atomic E-state index is -0.495. The van der Waals surface area contributed by atoms with E-state index in [1.54, 1.807) is 7.11 Å². The van der Waals surface area contributed by atoms with Crippen LogP contribution in [-0.4, -0.2) is 80.1 Å². The highest BCUT2D eigenvalue weighted by Gasteiger charge is 2.72. The average molecular weight is 536 g/mol. The predicted octanol–water partition coefficient (Wildman–Crippen LogP) is 1.75. The van der Waals surface area contributed by atoms with E-state index in [9.17, 15) is 14.4 Å². The topological polar surface area (TPSA) is 145 Å². The van der Waals surface area contributed by atoms with Crippen molar-refractivity contribution >= 4 is 17.8 Å². The summed E-state index contributed by atoms with van der Waals surface area (Å²) in [5.41, 5.74) is 5.75. The number of primary amides is 1. The average Bonchev–Trinajstić information content (AvgIpc) is 3.77. The molecule has 2 aliphatic heterocycles. The Kier molecular flexibility index (Phi) is 9.17. The zero-order valence-electron chi connectivity index (χ0n) is 23.3. The molecule has 0 radical (unpaired) electrons. The van der Waals surface area contributed by atoms with Gasteiger partial charge in [-0.25, -0.2) is 0 Å². The summed E-state index contributed by atoms with van der Waals surface area (Å²) in [6.45, 7) is 7.07. The largest absolute Gasteiger partial charge is 0.460 e. The number of carbonyl (C=O) groups is 3. The number of amides is 2. The van der Waals surface area contributed by atoms with Crippen LogP contribution in [0.15, 0.2) is 11.6 Å². The second-order valence-corrected chi connectivity index (χ2v) is 12.0. The monoisotopic (exact) mass is 535 g/mol. The smallest absolute Gasteiger partial charge is 0.306 e. The molecule has 4 rings (SSSR count). The first-order chi connectivity index (χ1) is 18.1. The molecule has 2 aliphatic carbocycles. The van der Waals surface area contributed by atoms with Gasteiger partial charge in [-0.2, -0.15) is 0 Å². The van der Waals surface area contributed by atoms with Gasteiger partial charge in [-0.05, 0) is 71.6 Å². The van der Waals surface area contributed by atoms with E-state index < -0.39 is 5.91 Å². The van der Waals surface area contributed by atoms with Crippen LogP contribution in [0.5, 0.6) is 0 Å². The van der Waals surface area contributed by atoms with Crippen molar-refractivity contribution in [3.8, 4) is 0 Å². The summed E-state index contributed by atoms with van der Waals surface area (Å²) < 4.78 is 24.3. The van der Waals surface area contributed by atoms with Crippen molar-refractivity contribution in [2.24, 2.45) is 17.6 Å². The van der Waals surface area contributed by atoms with Gasteiger partial charge in [0, 0.05) is 19.6 Å². The Balaban J connectivity index is 1.25. The van der Waals surface area contributed by atoms with Crippen LogP contribution in [0.1, 0.15) is 72.1 Å². The zero-order valence-corrected chi connectivity index (χ0v) is 23.3. The van der Waals surface area contributed by atoms with Gasteiger partial charge in [0.25, 0.3) is 0 Å². The highest BCUT2D eigenvalue weighted by Crippen LogP contribution is 2.59. The minimum absolute atomic E-state index is 0.0126. The van der Waals surface area contributed by atoms with Gasteiger partial charge in [0.1, 0.15) is 23.4 Å². The molecule has 10 heteroatoms. The van der Waals surface area contributed by atoms with Gasteiger partial charge >= 0.3 is 5.97 Å². The number of hydrogen-bond acceptors (Lipinski definition) is 8. The van der Waals surface area contributed by atoms with Crippen LogP contribution in [0.25, 0.3) is 0 Å². The molecule has 214 valence electrons. The summed E-state index contributed by atoms with van der Waals surface area (Å²) in [5, 5.41) is 5.71. The second kappa shape index (κ2) is 12.0. The summed E-state index contributed by atoms with van der Waals surface area (Å²) in [6.07, 6.45) is 7.85. The molecule has 38 heavy (non-hydrogen) atoms. The summed E-state index contributed by atoms with van der Waals surface area (Å²) in [7, 11) is 1.69. The van der Waals surface area contributed by atoms with Crippen LogP contribution >= 0.6 is 0 Å². The summed E-state index contributed by atoms with van der Waals surface area (Å²) in [5.74, 6) is -0.585. The number of hydrogen-bond donors (Lipinski definition) is 3. The highest BCUT2D eigenvalue weighted by atomic mass is 16.6. The van der Waals surface area contributed by atoms with Crippen molar-refractivity contribution in [2.75, 3.05) is 26.8 Å². The van der Waals surface area contributed by atoms with E-state index in [4.69, 9.17) is 24.7 Å². The van der Waals surface area contributed by atoms with Crippen LogP contribution in [0.2, 0.25) is 0 Å².